The zero-order valence-corrected chi connectivity index (χ0v) is 19.9. The Morgan fingerprint density at radius 2 is 1.91 bits per heavy atom. The van der Waals surface area contributed by atoms with Gasteiger partial charge in [0.2, 0.25) is 5.69 Å². The third-order valence-electron chi connectivity index (χ3n) is 7.38. The van der Waals surface area contributed by atoms with Crippen molar-refractivity contribution in [3.05, 3.63) is 52.5 Å². The molecular formula is C25H29ClN6O2. The summed E-state index contributed by atoms with van der Waals surface area (Å²) in [7, 11) is 0. The van der Waals surface area contributed by atoms with E-state index in [1.165, 1.54) is 12.8 Å². The van der Waals surface area contributed by atoms with Gasteiger partial charge in [0.15, 0.2) is 11.5 Å². The van der Waals surface area contributed by atoms with Crippen molar-refractivity contribution in [3.63, 3.8) is 0 Å². The molecule has 9 heteroatoms. The summed E-state index contributed by atoms with van der Waals surface area (Å²) in [6.45, 7) is 11.3. The Morgan fingerprint density at radius 3 is 2.50 bits per heavy atom. The molecule has 1 spiro atoms. The van der Waals surface area contributed by atoms with E-state index in [4.69, 9.17) is 22.9 Å². The molecule has 2 N–H and O–H groups in total. The number of hydrogen-bond donors (Lipinski definition) is 2. The maximum atomic E-state index is 12.7. The molecule has 1 aromatic heterocycles. The summed E-state index contributed by atoms with van der Waals surface area (Å²) < 4.78 is 6.04. The molecule has 3 heterocycles. The van der Waals surface area contributed by atoms with Crippen LogP contribution in [-0.4, -0.2) is 54.4 Å². The molecule has 3 aliphatic rings. The predicted octanol–water partition coefficient (Wildman–Crippen LogP) is 3.99. The third-order valence-corrected chi connectivity index (χ3v) is 7.69. The fourth-order valence-electron chi connectivity index (χ4n) is 5.09. The van der Waals surface area contributed by atoms with Crippen molar-refractivity contribution in [2.24, 2.45) is 5.41 Å². The van der Waals surface area contributed by atoms with E-state index in [1.807, 2.05) is 6.07 Å². The Balaban J connectivity index is 1.08. The van der Waals surface area contributed by atoms with Gasteiger partial charge in [0.25, 0.3) is 5.91 Å². The van der Waals surface area contributed by atoms with Gasteiger partial charge in [0, 0.05) is 32.2 Å². The van der Waals surface area contributed by atoms with E-state index in [1.54, 1.807) is 24.3 Å². The number of nitrogens with one attached hydrogen (secondary N) is 2. The van der Waals surface area contributed by atoms with Crippen LogP contribution in [0.15, 0.2) is 30.3 Å². The highest BCUT2D eigenvalue weighted by atomic mass is 35.5. The SMILES string of the molecule is [C-]#[N+]c1ccc(OC2CCC(NC(=O)c3ccc(N4CCC5(CC4)CNC5)nn3)CC2)cc1Cl. The van der Waals surface area contributed by atoms with Gasteiger partial charge in [-0.05, 0) is 68.2 Å². The Hall–Kier alpha value is -2.89. The molecule has 2 aliphatic heterocycles. The lowest BCUT2D eigenvalue weighted by Gasteiger charge is -2.48. The lowest BCUT2D eigenvalue weighted by atomic mass is 9.73. The topological polar surface area (TPSA) is 83.7 Å². The molecule has 1 aliphatic carbocycles. The molecule has 34 heavy (non-hydrogen) atoms. The molecule has 8 nitrogen and oxygen atoms in total. The molecule has 3 fully saturated rings. The normalized spacial score (nSPS) is 23.6. The fourth-order valence-corrected chi connectivity index (χ4v) is 5.30. The molecule has 2 aromatic rings. The number of carbonyl (C=O) groups excluding carboxylic acids is 1. The van der Waals surface area contributed by atoms with E-state index in [0.29, 0.717) is 27.6 Å². The van der Waals surface area contributed by atoms with Crippen molar-refractivity contribution in [2.75, 3.05) is 31.1 Å². The van der Waals surface area contributed by atoms with Gasteiger partial charge in [-0.1, -0.05) is 17.7 Å². The number of carbonyl (C=O) groups is 1. The highest BCUT2D eigenvalue weighted by Crippen LogP contribution is 2.36. The molecule has 1 aromatic carbocycles. The summed E-state index contributed by atoms with van der Waals surface area (Å²) in [4.78, 5) is 18.3. The zero-order chi connectivity index (χ0) is 23.5. The largest absolute Gasteiger partial charge is 0.490 e. The van der Waals surface area contributed by atoms with E-state index in [9.17, 15) is 4.79 Å². The van der Waals surface area contributed by atoms with Crippen LogP contribution < -0.4 is 20.3 Å². The second-order valence-electron chi connectivity index (χ2n) is 9.66. The molecule has 178 valence electrons. The van der Waals surface area contributed by atoms with E-state index in [0.717, 1.165) is 57.7 Å². The first-order chi connectivity index (χ1) is 16.5. The number of benzene rings is 1. The first-order valence-corrected chi connectivity index (χ1v) is 12.4. The minimum absolute atomic E-state index is 0.0708. The minimum Gasteiger partial charge on any atom is -0.490 e. The van der Waals surface area contributed by atoms with Gasteiger partial charge in [0.05, 0.1) is 17.7 Å². The van der Waals surface area contributed by atoms with Crippen LogP contribution in [0.4, 0.5) is 11.5 Å². The Kier molecular flexibility index (Phi) is 6.57. The highest BCUT2D eigenvalue weighted by molar-refractivity contribution is 6.33. The number of piperidine rings is 1. The van der Waals surface area contributed by atoms with Crippen LogP contribution in [0.1, 0.15) is 49.0 Å². The number of amides is 1. The summed E-state index contributed by atoms with van der Waals surface area (Å²) in [6, 6.07) is 8.93. The summed E-state index contributed by atoms with van der Waals surface area (Å²) in [5.41, 5.74) is 1.27. The number of rotatable bonds is 5. The van der Waals surface area contributed by atoms with Crippen molar-refractivity contribution in [3.8, 4) is 5.75 Å². The standard InChI is InChI=1S/C25H29ClN6O2/c1-27-21-7-6-19(14-20(21)26)34-18-4-2-17(3-5-18)29-24(33)22-8-9-23(31-30-22)32-12-10-25(11-13-32)15-28-16-25/h6-9,14,17-18,28H,2-5,10-13,15-16H2,(H,29,33). The van der Waals surface area contributed by atoms with Crippen molar-refractivity contribution in [1.82, 2.24) is 20.8 Å². The molecule has 5 rings (SSSR count). The van der Waals surface area contributed by atoms with Crippen LogP contribution in [0.3, 0.4) is 0 Å². The van der Waals surface area contributed by atoms with E-state index in [-0.39, 0.29) is 18.1 Å². The predicted molar refractivity (Wildman–Crippen MR) is 131 cm³/mol. The van der Waals surface area contributed by atoms with Gasteiger partial charge < -0.3 is 20.3 Å². The van der Waals surface area contributed by atoms with Crippen LogP contribution >= 0.6 is 11.6 Å². The molecule has 2 saturated heterocycles. The van der Waals surface area contributed by atoms with Gasteiger partial charge in [-0.2, -0.15) is 0 Å². The van der Waals surface area contributed by atoms with E-state index < -0.39 is 0 Å². The van der Waals surface area contributed by atoms with Crippen LogP contribution in [0.25, 0.3) is 4.85 Å². The second kappa shape index (κ2) is 9.77. The molecule has 1 amide bonds. The van der Waals surface area contributed by atoms with Crippen LogP contribution in [0.5, 0.6) is 5.75 Å². The maximum absolute atomic E-state index is 12.7. The van der Waals surface area contributed by atoms with Crippen LogP contribution in [0, 0.1) is 12.0 Å². The van der Waals surface area contributed by atoms with Crippen molar-refractivity contribution >= 4 is 29.0 Å². The lowest BCUT2D eigenvalue weighted by Crippen LogP contribution is -2.58. The van der Waals surface area contributed by atoms with Gasteiger partial charge in [-0.15, -0.1) is 10.2 Å². The first-order valence-electron chi connectivity index (χ1n) is 12.0. The second-order valence-corrected chi connectivity index (χ2v) is 10.1. The number of anilines is 1. The van der Waals surface area contributed by atoms with Gasteiger partial charge >= 0.3 is 0 Å². The quantitative estimate of drug-likeness (QED) is 0.629. The monoisotopic (exact) mass is 480 g/mol. The highest BCUT2D eigenvalue weighted by Gasteiger charge is 2.39. The van der Waals surface area contributed by atoms with E-state index in [2.05, 4.69) is 30.6 Å². The lowest BCUT2D eigenvalue weighted by molar-refractivity contribution is 0.0888. The molecule has 0 bridgehead atoms. The third kappa shape index (κ3) is 4.96. The summed E-state index contributed by atoms with van der Waals surface area (Å²) in [6.07, 6.45) is 5.76. The van der Waals surface area contributed by atoms with Gasteiger partial charge in [-0.25, -0.2) is 4.85 Å². The number of ether oxygens (including phenoxy) is 1. The Morgan fingerprint density at radius 1 is 1.15 bits per heavy atom. The summed E-state index contributed by atoms with van der Waals surface area (Å²) in [5.74, 6) is 1.34. The number of nitrogens with zero attached hydrogens (tertiary/aromatic N) is 4. The Labute approximate surface area is 204 Å². The van der Waals surface area contributed by atoms with Gasteiger partial charge in [-0.3, -0.25) is 4.79 Å². The maximum Gasteiger partial charge on any atom is 0.272 e. The van der Waals surface area contributed by atoms with Gasteiger partial charge in [0.1, 0.15) is 5.75 Å². The molecule has 0 atom stereocenters. The van der Waals surface area contributed by atoms with Crippen molar-refractivity contribution in [1.29, 1.82) is 0 Å². The molecular weight excluding hydrogens is 452 g/mol. The fraction of sp³-hybridized carbons (Fsp3) is 0.520. The average Bonchev–Trinajstić information content (AvgIpc) is 2.84. The van der Waals surface area contributed by atoms with Crippen LogP contribution in [-0.2, 0) is 0 Å². The van der Waals surface area contributed by atoms with Crippen LogP contribution in [0.2, 0.25) is 5.02 Å². The zero-order valence-electron chi connectivity index (χ0n) is 19.1. The van der Waals surface area contributed by atoms with E-state index >= 15 is 0 Å². The number of aromatic nitrogens is 2. The van der Waals surface area contributed by atoms with Crippen molar-refractivity contribution < 1.29 is 9.53 Å². The van der Waals surface area contributed by atoms with Crippen molar-refractivity contribution in [2.45, 2.75) is 50.7 Å². The Bertz CT molecular complexity index is 1060. The number of halogens is 1. The first kappa shape index (κ1) is 22.9. The average molecular weight is 481 g/mol. The molecule has 1 saturated carbocycles. The number of hydrogen-bond acceptors (Lipinski definition) is 6. The summed E-state index contributed by atoms with van der Waals surface area (Å²) >= 11 is 6.10. The molecule has 0 radical (unpaired) electrons. The molecule has 0 unspecified atom stereocenters. The minimum atomic E-state index is -0.178. The smallest absolute Gasteiger partial charge is 0.272 e. The summed E-state index contributed by atoms with van der Waals surface area (Å²) in [5, 5.41) is 15.4.